The van der Waals surface area contributed by atoms with E-state index in [0.717, 1.165) is 24.1 Å². The fraction of sp³-hybridized carbons (Fsp3) is 0.467. The van der Waals surface area contributed by atoms with Crippen molar-refractivity contribution in [2.24, 2.45) is 0 Å². The summed E-state index contributed by atoms with van der Waals surface area (Å²) in [6.07, 6.45) is 0.813. The van der Waals surface area contributed by atoms with E-state index in [1.807, 2.05) is 0 Å². The molecule has 1 aromatic carbocycles. The highest BCUT2D eigenvalue weighted by atomic mass is 35.5. The van der Waals surface area contributed by atoms with Gasteiger partial charge in [0.1, 0.15) is 6.61 Å². The smallest absolute Gasteiger partial charge is 0.489 e. The molecule has 1 heterocycles. The molecule has 29 heavy (non-hydrogen) atoms. The molecule has 1 saturated heterocycles. The van der Waals surface area contributed by atoms with Gasteiger partial charge in [0.15, 0.2) is 11.6 Å². The molecule has 1 fully saturated rings. The summed E-state index contributed by atoms with van der Waals surface area (Å²) in [5.74, 6) is -2.68. The minimum atomic E-state index is -5.60. The van der Waals surface area contributed by atoms with Crippen molar-refractivity contribution in [1.29, 1.82) is 0 Å². The maximum absolute atomic E-state index is 14.0. The second kappa shape index (κ2) is 8.71. The van der Waals surface area contributed by atoms with Crippen LogP contribution in [0.2, 0.25) is 5.02 Å². The molecule has 8 nitrogen and oxygen atoms in total. The Kier molecular flexibility index (Phi) is 6.96. The summed E-state index contributed by atoms with van der Waals surface area (Å²) in [5.41, 5.74) is -3.44. The van der Waals surface area contributed by atoms with E-state index >= 15 is 0 Å². The van der Waals surface area contributed by atoms with Crippen molar-refractivity contribution in [3.63, 3.8) is 0 Å². The van der Waals surface area contributed by atoms with E-state index in [4.69, 9.17) is 16.3 Å². The molecule has 1 atom stereocenters. The van der Waals surface area contributed by atoms with Gasteiger partial charge in [-0.2, -0.15) is 13.2 Å². The first kappa shape index (κ1) is 23.2. The molecule has 0 aliphatic carbocycles. The Morgan fingerprint density at radius 2 is 2.03 bits per heavy atom. The lowest BCUT2D eigenvalue weighted by atomic mass is 10.2. The van der Waals surface area contributed by atoms with Crippen LogP contribution in [0.5, 0.6) is 5.75 Å². The van der Waals surface area contributed by atoms with Crippen molar-refractivity contribution in [2.45, 2.75) is 31.3 Å². The minimum Gasteiger partial charge on any atom is -0.489 e. The fourth-order valence-electron chi connectivity index (χ4n) is 2.34. The van der Waals surface area contributed by atoms with Crippen LogP contribution in [0.1, 0.15) is 30.1 Å². The normalized spacial score (nSPS) is 16.1. The van der Waals surface area contributed by atoms with Crippen LogP contribution in [0.3, 0.4) is 0 Å². The van der Waals surface area contributed by atoms with E-state index in [1.54, 1.807) is 0 Å². The Hall–Kier alpha value is -2.12. The zero-order valence-corrected chi connectivity index (χ0v) is 16.4. The maximum Gasteiger partial charge on any atom is 0.511 e. The molecule has 0 aromatic heterocycles. The molecule has 2 N–H and O–H groups in total. The number of nitrogens with one attached hydrogen (secondary N) is 2. The summed E-state index contributed by atoms with van der Waals surface area (Å²) in [4.78, 5) is 23.8. The van der Waals surface area contributed by atoms with Gasteiger partial charge in [0, 0.05) is 13.0 Å². The molecule has 0 bridgehead atoms. The second-order valence-corrected chi connectivity index (χ2v) is 8.24. The number of rotatable bonds is 7. The number of hydrazine groups is 1. The molecule has 162 valence electrons. The second-order valence-electron chi connectivity index (χ2n) is 6.13. The summed E-state index contributed by atoms with van der Waals surface area (Å²) in [6.45, 7) is 0.701. The Labute approximate surface area is 168 Å². The highest BCUT2D eigenvalue weighted by molar-refractivity contribution is 7.90. The van der Waals surface area contributed by atoms with Crippen LogP contribution in [-0.4, -0.2) is 49.9 Å². The van der Waals surface area contributed by atoms with Gasteiger partial charge in [-0.1, -0.05) is 11.6 Å². The highest BCUT2D eigenvalue weighted by Crippen LogP contribution is 2.27. The lowest BCUT2D eigenvalue weighted by Gasteiger charge is -2.19. The van der Waals surface area contributed by atoms with Gasteiger partial charge in [-0.15, -0.1) is 0 Å². The number of benzene rings is 1. The van der Waals surface area contributed by atoms with Gasteiger partial charge in [-0.05, 0) is 25.5 Å². The summed E-state index contributed by atoms with van der Waals surface area (Å²) in [5, 5.41) is 0.793. The Bertz CT molecular complexity index is 910. The number of ether oxygens (including phenoxy) is 1. The van der Waals surface area contributed by atoms with E-state index in [-0.39, 0.29) is 22.9 Å². The molecule has 2 amide bonds. The van der Waals surface area contributed by atoms with Gasteiger partial charge in [-0.3, -0.25) is 20.0 Å². The molecular formula is C15H16ClF4N3O5S. The van der Waals surface area contributed by atoms with Crippen LogP contribution in [-0.2, 0) is 14.8 Å². The summed E-state index contributed by atoms with van der Waals surface area (Å²) >= 11 is 5.84. The average molecular weight is 462 g/mol. The number of hydrogen-bond donors (Lipinski definition) is 2. The maximum atomic E-state index is 14.0. The van der Waals surface area contributed by atoms with E-state index in [2.05, 4.69) is 5.43 Å². The Morgan fingerprint density at radius 3 is 2.59 bits per heavy atom. The first-order valence-corrected chi connectivity index (χ1v) is 9.99. The van der Waals surface area contributed by atoms with Gasteiger partial charge in [-0.25, -0.2) is 17.5 Å². The number of nitrogens with zero attached hydrogens (tertiary/aromatic N) is 1. The predicted molar refractivity (Wildman–Crippen MR) is 92.9 cm³/mol. The van der Waals surface area contributed by atoms with Crippen molar-refractivity contribution in [2.75, 3.05) is 13.2 Å². The largest absolute Gasteiger partial charge is 0.511 e. The number of amides is 2. The number of carbonyl (C=O) groups is 2. The number of carbonyl (C=O) groups excluding carboxylic acids is 2. The Morgan fingerprint density at radius 1 is 1.38 bits per heavy atom. The molecule has 2 rings (SSSR count). The third-order valence-electron chi connectivity index (χ3n) is 3.73. The average Bonchev–Trinajstić information content (AvgIpc) is 2.97. The number of halogens is 5. The molecule has 0 radical (unpaired) electrons. The molecule has 0 spiro atoms. The Balaban J connectivity index is 2.08. The summed E-state index contributed by atoms with van der Waals surface area (Å²) < 4.78 is 79.6. The SMILES string of the molecule is C[C@@H](COc1cc(C(=O)NN2CCCC2=O)c(Cl)cc1F)NS(=O)(=O)C(F)(F)F. The zero-order chi connectivity index (χ0) is 22.0. The molecule has 0 saturated carbocycles. The lowest BCUT2D eigenvalue weighted by molar-refractivity contribution is -0.129. The van der Waals surface area contributed by atoms with Crippen LogP contribution >= 0.6 is 11.6 Å². The van der Waals surface area contributed by atoms with E-state index in [1.165, 1.54) is 4.72 Å². The summed E-state index contributed by atoms with van der Waals surface area (Å²) in [7, 11) is -5.60. The number of hydrogen-bond acceptors (Lipinski definition) is 5. The van der Waals surface area contributed by atoms with Crippen LogP contribution < -0.4 is 14.9 Å². The zero-order valence-electron chi connectivity index (χ0n) is 14.8. The van der Waals surface area contributed by atoms with Crippen molar-refractivity contribution < 1.29 is 40.3 Å². The quantitative estimate of drug-likeness (QED) is 0.604. The van der Waals surface area contributed by atoms with Crippen molar-refractivity contribution in [3.05, 3.63) is 28.5 Å². The lowest BCUT2D eigenvalue weighted by Crippen LogP contribution is -2.43. The topological polar surface area (TPSA) is 105 Å². The van der Waals surface area contributed by atoms with Crippen molar-refractivity contribution in [1.82, 2.24) is 15.2 Å². The monoisotopic (exact) mass is 461 g/mol. The van der Waals surface area contributed by atoms with Gasteiger partial charge < -0.3 is 4.74 Å². The van der Waals surface area contributed by atoms with Crippen LogP contribution in [0.15, 0.2) is 12.1 Å². The third kappa shape index (κ3) is 5.70. The van der Waals surface area contributed by atoms with Crippen molar-refractivity contribution in [3.8, 4) is 5.75 Å². The van der Waals surface area contributed by atoms with Gasteiger partial charge in [0.05, 0.1) is 16.6 Å². The molecule has 0 unspecified atom stereocenters. The first-order valence-electron chi connectivity index (χ1n) is 8.13. The van der Waals surface area contributed by atoms with E-state index < -0.39 is 45.7 Å². The third-order valence-corrected chi connectivity index (χ3v) is 5.36. The number of sulfonamides is 1. The van der Waals surface area contributed by atoms with Crippen molar-refractivity contribution >= 4 is 33.4 Å². The molecule has 1 aliphatic rings. The van der Waals surface area contributed by atoms with Gasteiger partial charge in [0.25, 0.3) is 5.91 Å². The van der Waals surface area contributed by atoms with E-state index in [0.29, 0.717) is 13.0 Å². The molecule has 1 aliphatic heterocycles. The highest BCUT2D eigenvalue weighted by Gasteiger charge is 2.46. The van der Waals surface area contributed by atoms with E-state index in [9.17, 15) is 35.6 Å². The van der Waals surface area contributed by atoms with Gasteiger partial charge in [0.2, 0.25) is 5.91 Å². The minimum absolute atomic E-state index is 0.244. The summed E-state index contributed by atoms with van der Waals surface area (Å²) in [6, 6.07) is 0.289. The van der Waals surface area contributed by atoms with Gasteiger partial charge >= 0.3 is 15.5 Å². The van der Waals surface area contributed by atoms with Crippen LogP contribution in [0.25, 0.3) is 0 Å². The van der Waals surface area contributed by atoms with Crippen LogP contribution in [0, 0.1) is 5.82 Å². The van der Waals surface area contributed by atoms with Crippen LogP contribution in [0.4, 0.5) is 17.6 Å². The fourth-order valence-corrected chi connectivity index (χ4v) is 3.31. The first-order chi connectivity index (χ1) is 13.3. The molecule has 1 aromatic rings. The standard InChI is InChI=1S/C15H16ClF4N3O5S/c1-8(22-29(26,27)15(18,19)20)7-28-12-5-9(10(16)6-11(12)17)14(25)21-23-4-2-3-13(23)24/h5-6,8,22H,2-4,7H2,1H3,(H,21,25)/t8-/m0/s1. The number of alkyl halides is 3. The predicted octanol–water partition coefficient (Wildman–Crippen LogP) is 1.95. The molecule has 14 heteroatoms. The molecular weight excluding hydrogens is 446 g/mol.